The Bertz CT molecular complexity index is 1140. The number of hydrogen-bond acceptors (Lipinski definition) is 4. The molecule has 3 aromatic rings. The summed E-state index contributed by atoms with van der Waals surface area (Å²) in [7, 11) is 1.50. The number of ether oxygens (including phenoxy) is 2. The average Bonchev–Trinajstić information content (AvgIpc) is 2.77. The van der Waals surface area contributed by atoms with E-state index in [9.17, 15) is 14.4 Å². The molecule has 0 aliphatic carbocycles. The molecule has 0 atom stereocenters. The maximum Gasteiger partial charge on any atom is 0.262 e. The molecule has 0 fully saturated rings. The Morgan fingerprint density at radius 2 is 1.87 bits per heavy atom. The van der Waals surface area contributed by atoms with E-state index in [4.69, 9.17) is 9.47 Å². The van der Waals surface area contributed by atoms with Crippen LogP contribution in [-0.4, -0.2) is 19.6 Å². The van der Waals surface area contributed by atoms with Gasteiger partial charge in [0.05, 0.1) is 22.3 Å². The summed E-state index contributed by atoms with van der Waals surface area (Å²) in [4.78, 5) is 12.2. The van der Waals surface area contributed by atoms with Gasteiger partial charge in [0.25, 0.3) is 5.91 Å². The normalized spacial score (nSPS) is 10.8. The van der Waals surface area contributed by atoms with Crippen molar-refractivity contribution in [1.29, 1.82) is 5.26 Å². The highest BCUT2D eigenvalue weighted by molar-refractivity contribution is 14.1. The maximum absolute atomic E-state index is 13.2. The second-order valence-corrected chi connectivity index (χ2v) is 7.58. The zero-order valence-electron chi connectivity index (χ0n) is 16.6. The second kappa shape index (κ2) is 10.6. The first kappa shape index (κ1) is 22.3. The van der Waals surface area contributed by atoms with Crippen molar-refractivity contribution in [2.24, 2.45) is 0 Å². The number of allylic oxidation sites excluding steroid dienone is 1. The van der Waals surface area contributed by atoms with E-state index in [0.29, 0.717) is 37.5 Å². The first-order valence-electron chi connectivity index (χ1n) is 9.23. The minimum Gasteiger partial charge on any atom is -0.493 e. The molecule has 3 rings (SSSR count). The van der Waals surface area contributed by atoms with Gasteiger partial charge >= 0.3 is 0 Å². The van der Waals surface area contributed by atoms with E-state index < -0.39 is 0 Å². The number of nitrogens with one attached hydrogen (secondary N) is 1. The van der Waals surface area contributed by atoms with Crippen molar-refractivity contribution in [3.05, 3.63) is 87.2 Å². The summed E-state index contributed by atoms with van der Waals surface area (Å²) >= 11 is 2.08. The number of nitrogens with zero attached hydrogens (tertiary/aromatic N) is 1. The molecule has 1 N–H and O–H groups in total. The average molecular weight is 528 g/mol. The van der Waals surface area contributed by atoms with Crippen LogP contribution in [0.5, 0.6) is 11.5 Å². The summed E-state index contributed by atoms with van der Waals surface area (Å²) < 4.78 is 25.0. The number of benzene rings is 3. The number of carbonyl (C=O) groups is 1. The molecular formula is C24H18FIN2O3. The van der Waals surface area contributed by atoms with Crippen LogP contribution in [0, 0.1) is 20.7 Å². The largest absolute Gasteiger partial charge is 0.493 e. The molecule has 0 saturated carbocycles. The minimum atomic E-state index is -0.366. The Kier molecular flexibility index (Phi) is 7.62. The van der Waals surface area contributed by atoms with E-state index in [1.54, 1.807) is 36.4 Å². The van der Waals surface area contributed by atoms with E-state index in [1.165, 1.54) is 19.2 Å². The molecule has 0 aliphatic heterocycles. The quantitative estimate of drug-likeness (QED) is 0.249. The van der Waals surface area contributed by atoms with E-state index in [0.717, 1.165) is 0 Å². The molecule has 0 unspecified atom stereocenters. The van der Waals surface area contributed by atoms with E-state index in [2.05, 4.69) is 34.0 Å². The molecule has 0 heterocycles. The Morgan fingerprint density at radius 1 is 1.16 bits per heavy atom. The predicted molar refractivity (Wildman–Crippen MR) is 126 cm³/mol. The fourth-order valence-electron chi connectivity index (χ4n) is 2.80. The van der Waals surface area contributed by atoms with Crippen LogP contribution in [-0.2, 0) is 4.79 Å². The van der Waals surface area contributed by atoms with Crippen LogP contribution in [0.2, 0.25) is 0 Å². The smallest absolute Gasteiger partial charge is 0.262 e. The van der Waals surface area contributed by atoms with Crippen LogP contribution in [0.4, 0.5) is 10.1 Å². The van der Waals surface area contributed by atoms with Gasteiger partial charge in [-0.1, -0.05) is 30.3 Å². The Labute approximate surface area is 193 Å². The molecule has 156 valence electrons. The molecular weight excluding hydrogens is 510 g/mol. The van der Waals surface area contributed by atoms with Crippen LogP contribution in [0.15, 0.2) is 66.7 Å². The van der Waals surface area contributed by atoms with Crippen molar-refractivity contribution >= 4 is 45.8 Å². The Morgan fingerprint density at radius 3 is 2.52 bits per heavy atom. The van der Waals surface area contributed by atoms with Crippen molar-refractivity contribution in [1.82, 2.24) is 0 Å². The highest BCUT2D eigenvalue weighted by atomic mass is 127. The van der Waals surface area contributed by atoms with Crippen molar-refractivity contribution in [3.63, 3.8) is 0 Å². The number of hydrogen-bond donors (Lipinski definition) is 1. The monoisotopic (exact) mass is 528 g/mol. The fraction of sp³-hybridized carbons (Fsp3) is 0.0833. The van der Waals surface area contributed by atoms with Crippen LogP contribution in [0.25, 0.3) is 11.6 Å². The molecule has 0 spiro atoms. The first-order valence-corrected chi connectivity index (χ1v) is 10.3. The Hall–Kier alpha value is -3.38. The SMILES string of the molecule is COc1cc(/C=C(/C#N)c2ccc(F)cc2)cc(I)c1OCC(=O)Nc1ccccc1. The standard InChI is InChI=1S/C24H18FIN2O3/c1-30-22-13-16(11-18(14-27)17-7-9-19(25)10-8-17)12-21(26)24(22)31-15-23(29)28-20-5-3-2-4-6-20/h2-13H,15H2,1H3,(H,28,29)/b18-11-. The van der Waals surface area contributed by atoms with E-state index >= 15 is 0 Å². The first-order chi connectivity index (χ1) is 15.0. The zero-order valence-corrected chi connectivity index (χ0v) is 18.7. The van der Waals surface area contributed by atoms with Gasteiger partial charge in [-0.05, 0) is 76.2 Å². The lowest BCUT2D eigenvalue weighted by atomic mass is 10.0. The molecule has 3 aromatic carbocycles. The molecule has 31 heavy (non-hydrogen) atoms. The van der Waals surface area contributed by atoms with Crippen molar-refractivity contribution < 1.29 is 18.7 Å². The molecule has 0 bridgehead atoms. The lowest BCUT2D eigenvalue weighted by Crippen LogP contribution is -2.20. The number of methoxy groups -OCH3 is 1. The number of carbonyl (C=O) groups excluding carboxylic acids is 1. The second-order valence-electron chi connectivity index (χ2n) is 6.41. The Balaban J connectivity index is 1.78. The fourth-order valence-corrected chi connectivity index (χ4v) is 3.58. The number of halogens is 2. The van der Waals surface area contributed by atoms with Gasteiger partial charge in [0.2, 0.25) is 0 Å². The molecule has 7 heteroatoms. The predicted octanol–water partition coefficient (Wildman–Crippen LogP) is 5.52. The van der Waals surface area contributed by atoms with Gasteiger partial charge in [0.1, 0.15) is 5.82 Å². The molecule has 0 aromatic heterocycles. The summed E-state index contributed by atoms with van der Waals surface area (Å²) in [5.41, 5.74) is 2.39. The maximum atomic E-state index is 13.2. The third-order valence-corrected chi connectivity index (χ3v) is 5.04. The van der Waals surface area contributed by atoms with Gasteiger partial charge in [-0.25, -0.2) is 4.39 Å². The third kappa shape index (κ3) is 6.06. The molecule has 0 aliphatic rings. The van der Waals surface area contributed by atoms with Crippen LogP contribution < -0.4 is 14.8 Å². The van der Waals surface area contributed by atoms with Gasteiger partial charge in [0.15, 0.2) is 18.1 Å². The number of anilines is 1. The number of para-hydroxylation sites is 1. The van der Waals surface area contributed by atoms with Gasteiger partial charge in [-0.15, -0.1) is 0 Å². The van der Waals surface area contributed by atoms with E-state index in [-0.39, 0.29) is 18.3 Å². The summed E-state index contributed by atoms with van der Waals surface area (Å²) in [5.74, 6) is 0.206. The molecule has 1 amide bonds. The van der Waals surface area contributed by atoms with Crippen LogP contribution >= 0.6 is 22.6 Å². The highest BCUT2D eigenvalue weighted by Gasteiger charge is 2.14. The van der Waals surface area contributed by atoms with Crippen molar-refractivity contribution in [2.45, 2.75) is 0 Å². The number of rotatable bonds is 7. The topological polar surface area (TPSA) is 71.3 Å². The van der Waals surface area contributed by atoms with Crippen molar-refractivity contribution in [2.75, 3.05) is 19.0 Å². The van der Waals surface area contributed by atoms with Crippen LogP contribution in [0.3, 0.4) is 0 Å². The van der Waals surface area contributed by atoms with Gasteiger partial charge in [0, 0.05) is 5.69 Å². The highest BCUT2D eigenvalue weighted by Crippen LogP contribution is 2.35. The lowest BCUT2D eigenvalue weighted by Gasteiger charge is -2.14. The zero-order chi connectivity index (χ0) is 22.2. The lowest BCUT2D eigenvalue weighted by molar-refractivity contribution is -0.118. The molecule has 0 radical (unpaired) electrons. The summed E-state index contributed by atoms with van der Waals surface area (Å²) in [6.45, 7) is -0.185. The molecule has 5 nitrogen and oxygen atoms in total. The summed E-state index contributed by atoms with van der Waals surface area (Å²) in [6, 6.07) is 20.5. The number of amides is 1. The van der Waals surface area contributed by atoms with Gasteiger partial charge < -0.3 is 14.8 Å². The minimum absolute atomic E-state index is 0.185. The van der Waals surface area contributed by atoms with Crippen LogP contribution in [0.1, 0.15) is 11.1 Å². The summed E-state index contributed by atoms with van der Waals surface area (Å²) in [5, 5.41) is 12.3. The van der Waals surface area contributed by atoms with Gasteiger partial charge in [-0.3, -0.25) is 4.79 Å². The molecule has 0 saturated heterocycles. The van der Waals surface area contributed by atoms with E-state index in [1.807, 2.05) is 24.3 Å². The number of nitriles is 1. The van der Waals surface area contributed by atoms with Crippen molar-refractivity contribution in [3.8, 4) is 17.6 Å². The summed E-state index contributed by atoms with van der Waals surface area (Å²) in [6.07, 6.45) is 1.68. The third-order valence-electron chi connectivity index (χ3n) is 4.24. The van der Waals surface area contributed by atoms with Gasteiger partial charge in [-0.2, -0.15) is 5.26 Å².